The zero-order chi connectivity index (χ0) is 18.0. The summed E-state index contributed by atoms with van der Waals surface area (Å²) in [6.45, 7) is 0.0682. The number of hydrogen-bond donors (Lipinski definition) is 3. The molecule has 0 amide bonds. The van der Waals surface area contributed by atoms with Crippen LogP contribution in [-0.2, 0) is 0 Å². The molecule has 0 spiro atoms. The second kappa shape index (κ2) is 7.31. The van der Waals surface area contributed by atoms with Crippen LogP contribution in [0.1, 0.15) is 23.6 Å². The first kappa shape index (κ1) is 17.5. The lowest BCUT2D eigenvalue weighted by atomic mass is 9.94. The first-order chi connectivity index (χ1) is 12.1. The molecule has 8 heteroatoms. The summed E-state index contributed by atoms with van der Waals surface area (Å²) in [6, 6.07) is 6.78. The van der Waals surface area contributed by atoms with Crippen LogP contribution in [-0.4, -0.2) is 33.8 Å². The van der Waals surface area contributed by atoms with Gasteiger partial charge in [0.2, 0.25) is 0 Å². The van der Waals surface area contributed by atoms with Crippen molar-refractivity contribution < 1.29 is 10.2 Å². The quantitative estimate of drug-likeness (QED) is 0.528. The molecule has 0 fully saturated rings. The van der Waals surface area contributed by atoms with Crippen LogP contribution in [0.4, 0.5) is 5.82 Å². The molecule has 25 heavy (non-hydrogen) atoms. The van der Waals surface area contributed by atoms with Crippen LogP contribution < -0.4 is 5.73 Å². The van der Waals surface area contributed by atoms with Gasteiger partial charge in [-0.3, -0.25) is 4.99 Å². The lowest BCUT2D eigenvalue weighted by Gasteiger charge is -2.16. The van der Waals surface area contributed by atoms with Crippen LogP contribution in [0.25, 0.3) is 11.1 Å². The highest BCUT2D eigenvalue weighted by molar-refractivity contribution is 7.99. The Kier molecular flexibility index (Phi) is 5.13. The van der Waals surface area contributed by atoms with E-state index in [4.69, 9.17) is 22.4 Å². The molecule has 4 N–H and O–H groups in total. The lowest BCUT2D eigenvalue weighted by Crippen LogP contribution is -2.06. The Labute approximate surface area is 154 Å². The Morgan fingerprint density at radius 3 is 2.76 bits per heavy atom. The fourth-order valence-corrected chi connectivity index (χ4v) is 3.59. The van der Waals surface area contributed by atoms with Gasteiger partial charge in [-0.15, -0.1) is 11.8 Å². The van der Waals surface area contributed by atoms with Gasteiger partial charge in [0.15, 0.2) is 0 Å². The molecule has 128 valence electrons. The van der Waals surface area contributed by atoms with E-state index in [1.54, 1.807) is 18.3 Å². The number of nitrogen functional groups attached to an aromatic ring is 1. The molecule has 0 bridgehead atoms. The van der Waals surface area contributed by atoms with Crippen LogP contribution in [0.15, 0.2) is 28.2 Å². The van der Waals surface area contributed by atoms with E-state index in [1.807, 2.05) is 0 Å². The molecule has 3 rings (SSSR count). The normalized spacial score (nSPS) is 15.2. The van der Waals surface area contributed by atoms with Gasteiger partial charge in [-0.25, -0.2) is 4.98 Å². The van der Waals surface area contributed by atoms with E-state index in [2.05, 4.69) is 16.0 Å². The summed E-state index contributed by atoms with van der Waals surface area (Å²) < 4.78 is 0. The topological polar surface area (TPSA) is 116 Å². The van der Waals surface area contributed by atoms with Crippen molar-refractivity contribution in [3.63, 3.8) is 0 Å². The van der Waals surface area contributed by atoms with Crippen LogP contribution in [0.2, 0.25) is 5.02 Å². The maximum atomic E-state index is 9.74. The van der Waals surface area contributed by atoms with Crippen molar-refractivity contribution in [3.05, 3.63) is 34.3 Å². The van der Waals surface area contributed by atoms with E-state index in [9.17, 15) is 10.4 Å². The molecule has 0 saturated carbocycles. The summed E-state index contributed by atoms with van der Waals surface area (Å²) in [4.78, 5) is 8.54. The number of rotatable bonds is 6. The number of phenolic OH excluding ortho intramolecular Hbond substituents is 1. The Morgan fingerprint density at radius 1 is 1.40 bits per heavy atom. The third-order valence-corrected chi connectivity index (χ3v) is 5.08. The molecule has 1 unspecified atom stereocenters. The van der Waals surface area contributed by atoms with E-state index in [0.29, 0.717) is 45.3 Å². The van der Waals surface area contributed by atoms with Crippen molar-refractivity contribution in [2.24, 2.45) is 4.99 Å². The number of phenols is 1. The summed E-state index contributed by atoms with van der Waals surface area (Å²) in [5, 5.41) is 29.1. The Balaban J connectivity index is 2.18. The number of nitrogens with zero attached hydrogens (tertiary/aromatic N) is 3. The second-order valence-corrected chi connectivity index (χ2v) is 6.90. The highest BCUT2D eigenvalue weighted by atomic mass is 35.5. The third-order valence-electron chi connectivity index (χ3n) is 3.71. The van der Waals surface area contributed by atoms with Crippen LogP contribution in [0.3, 0.4) is 0 Å². The molecule has 1 aliphatic heterocycles. The zero-order valence-corrected chi connectivity index (χ0v) is 14.7. The number of aromatic hydroxyl groups is 1. The number of thioether (sulfide) groups is 1. The Bertz CT molecular complexity index is 889. The average Bonchev–Trinajstić information content (AvgIpc) is 3.42. The van der Waals surface area contributed by atoms with E-state index in [-0.39, 0.29) is 23.4 Å². The monoisotopic (exact) mass is 374 g/mol. The maximum Gasteiger partial charge on any atom is 0.134 e. The van der Waals surface area contributed by atoms with E-state index < -0.39 is 0 Å². The van der Waals surface area contributed by atoms with E-state index in [0.717, 1.165) is 0 Å². The van der Waals surface area contributed by atoms with Crippen molar-refractivity contribution in [2.45, 2.75) is 17.5 Å². The van der Waals surface area contributed by atoms with Gasteiger partial charge in [-0.2, -0.15) is 5.26 Å². The lowest BCUT2D eigenvalue weighted by molar-refractivity contribution is 0.296. The first-order valence-corrected chi connectivity index (χ1v) is 8.92. The van der Waals surface area contributed by atoms with E-state index >= 15 is 0 Å². The standard InChI is InChI=1S/C17H15ClN4O2S/c18-11-6-9(2-3-13(11)24)14-10(7-19)17(25-5-1-4-23)22-16(20)15(14)12-8-21-12/h2-3,6,8,12,23-24H,1,4-5H2,(H2,20,22). The predicted octanol–water partition coefficient (Wildman–Crippen LogP) is 3.16. The number of pyridine rings is 1. The zero-order valence-electron chi connectivity index (χ0n) is 13.1. The molecule has 6 nitrogen and oxygen atoms in total. The number of nitriles is 1. The fourth-order valence-electron chi connectivity index (χ4n) is 2.49. The van der Waals surface area contributed by atoms with Crippen LogP contribution in [0, 0.1) is 11.3 Å². The van der Waals surface area contributed by atoms with Crippen molar-refractivity contribution in [2.75, 3.05) is 18.1 Å². The summed E-state index contributed by atoms with van der Waals surface area (Å²) in [6.07, 6.45) is 2.32. The van der Waals surface area contributed by atoms with Gasteiger partial charge >= 0.3 is 0 Å². The summed E-state index contributed by atoms with van der Waals surface area (Å²) >= 11 is 7.42. The van der Waals surface area contributed by atoms with Gasteiger partial charge < -0.3 is 15.9 Å². The number of aliphatic hydroxyl groups is 1. The van der Waals surface area contributed by atoms with E-state index in [1.165, 1.54) is 17.8 Å². The summed E-state index contributed by atoms with van der Waals surface area (Å²) in [5.74, 6) is 0.895. The van der Waals surface area contributed by atoms with Gasteiger partial charge in [-0.1, -0.05) is 17.7 Å². The minimum absolute atomic E-state index is 0.0345. The number of benzene rings is 1. The molecule has 2 heterocycles. The van der Waals surface area contributed by atoms with Gasteiger partial charge in [-0.05, 0) is 24.1 Å². The summed E-state index contributed by atoms with van der Waals surface area (Å²) in [7, 11) is 0. The van der Waals surface area contributed by atoms with Crippen LogP contribution >= 0.6 is 23.4 Å². The highest BCUT2D eigenvalue weighted by Crippen LogP contribution is 2.43. The van der Waals surface area contributed by atoms with Crippen molar-refractivity contribution in [1.82, 2.24) is 4.98 Å². The predicted molar refractivity (Wildman–Crippen MR) is 99.1 cm³/mol. The summed E-state index contributed by atoms with van der Waals surface area (Å²) in [5.41, 5.74) is 8.51. The first-order valence-electron chi connectivity index (χ1n) is 7.56. The SMILES string of the molecule is N#Cc1c(SCCCO)nc(N)c(C2C=N2)c1-c1ccc(O)c(Cl)c1. The third kappa shape index (κ3) is 3.56. The highest BCUT2D eigenvalue weighted by Gasteiger charge is 2.29. The number of halogens is 1. The van der Waals surface area contributed by atoms with Gasteiger partial charge in [0.25, 0.3) is 0 Å². The molecule has 1 aromatic carbocycles. The minimum Gasteiger partial charge on any atom is -0.506 e. The number of aromatic nitrogens is 1. The molecule has 1 aliphatic rings. The minimum atomic E-state index is -0.196. The van der Waals surface area contributed by atoms with Crippen molar-refractivity contribution in [3.8, 4) is 22.9 Å². The molecule has 0 aliphatic carbocycles. The molecule has 1 atom stereocenters. The molecule has 0 radical (unpaired) electrons. The Hall–Kier alpha value is -2.27. The fraction of sp³-hybridized carbons (Fsp3) is 0.235. The molecular weight excluding hydrogens is 360 g/mol. The van der Waals surface area contributed by atoms with Crippen molar-refractivity contribution in [1.29, 1.82) is 5.26 Å². The number of anilines is 1. The smallest absolute Gasteiger partial charge is 0.134 e. The number of nitrogens with two attached hydrogens (primary N) is 1. The molecule has 0 saturated heterocycles. The second-order valence-electron chi connectivity index (χ2n) is 5.41. The van der Waals surface area contributed by atoms with Gasteiger partial charge in [0, 0.05) is 29.7 Å². The number of aliphatic hydroxyl groups excluding tert-OH is 1. The largest absolute Gasteiger partial charge is 0.506 e. The maximum absolute atomic E-state index is 9.74. The average molecular weight is 375 g/mol. The Morgan fingerprint density at radius 2 is 2.16 bits per heavy atom. The molecular formula is C17H15ClN4O2S. The van der Waals surface area contributed by atoms with Crippen molar-refractivity contribution >= 4 is 35.4 Å². The number of hydrogen-bond acceptors (Lipinski definition) is 7. The van der Waals surface area contributed by atoms with Crippen LogP contribution in [0.5, 0.6) is 5.75 Å². The molecule has 2 aromatic rings. The number of aliphatic imine (C=N–C) groups is 1. The molecule has 1 aromatic heterocycles. The van der Waals surface area contributed by atoms with Gasteiger partial charge in [0.05, 0.1) is 10.6 Å². The van der Waals surface area contributed by atoms with Gasteiger partial charge in [0.1, 0.15) is 28.7 Å².